The summed E-state index contributed by atoms with van der Waals surface area (Å²) in [6, 6.07) is 3.72. The Morgan fingerprint density at radius 3 is 2.41 bits per heavy atom. The van der Waals surface area contributed by atoms with Gasteiger partial charge in [-0.1, -0.05) is 0 Å². The Morgan fingerprint density at radius 1 is 1.03 bits per heavy atom. The quantitative estimate of drug-likeness (QED) is 0.393. The first-order chi connectivity index (χ1) is 18.4. The molecule has 3 aliphatic heterocycles. The van der Waals surface area contributed by atoms with Gasteiger partial charge in [0, 0.05) is 31.5 Å². The lowest BCUT2D eigenvalue weighted by Gasteiger charge is -2.58. The smallest absolute Gasteiger partial charge is 0.410 e. The summed E-state index contributed by atoms with van der Waals surface area (Å²) in [5.41, 5.74) is 0.130. The van der Waals surface area contributed by atoms with Crippen molar-refractivity contribution in [2.24, 2.45) is 5.41 Å². The molecule has 0 aromatic heterocycles. The molecular weight excluding hydrogens is 506 g/mol. The molecule has 1 unspecified atom stereocenters. The van der Waals surface area contributed by atoms with Gasteiger partial charge in [-0.3, -0.25) is 29.4 Å². The molecular formula is C28H35N3O8. The van der Waals surface area contributed by atoms with Crippen LogP contribution in [0.25, 0.3) is 0 Å². The van der Waals surface area contributed by atoms with Crippen molar-refractivity contribution in [1.82, 2.24) is 15.1 Å². The molecule has 1 N–H and O–H groups in total. The number of rotatable bonds is 8. The highest BCUT2D eigenvalue weighted by molar-refractivity contribution is 6.23. The number of ether oxygens (including phenoxy) is 3. The molecule has 1 saturated carbocycles. The molecule has 39 heavy (non-hydrogen) atoms. The summed E-state index contributed by atoms with van der Waals surface area (Å²) < 4.78 is 17.2. The molecule has 5 rings (SSSR count). The third kappa shape index (κ3) is 5.63. The Morgan fingerprint density at radius 2 is 1.72 bits per heavy atom. The van der Waals surface area contributed by atoms with E-state index in [-0.39, 0.29) is 41.6 Å². The Labute approximate surface area is 227 Å². The maximum Gasteiger partial charge on any atom is 0.410 e. The van der Waals surface area contributed by atoms with E-state index >= 15 is 0 Å². The minimum Gasteiger partial charge on any atom is -0.494 e. The fourth-order valence-electron chi connectivity index (χ4n) is 5.69. The number of hydrogen-bond acceptors (Lipinski definition) is 8. The Balaban J connectivity index is 0.992. The Bertz CT molecular complexity index is 1190. The second-order valence-electron chi connectivity index (χ2n) is 11.9. The van der Waals surface area contributed by atoms with Crippen LogP contribution in [-0.2, 0) is 19.1 Å². The number of benzene rings is 1. The third-order valence-corrected chi connectivity index (χ3v) is 7.60. The number of unbranched alkanes of at least 4 members (excludes halogenated alkanes) is 1. The van der Waals surface area contributed by atoms with Gasteiger partial charge in [-0.25, -0.2) is 4.79 Å². The second kappa shape index (κ2) is 10.3. The zero-order valence-electron chi connectivity index (χ0n) is 22.6. The molecule has 4 aliphatic rings. The van der Waals surface area contributed by atoms with Crippen molar-refractivity contribution in [3.05, 3.63) is 29.3 Å². The number of imide groups is 2. The SMILES string of the molecule is CC(C)(C)OC(=O)N1CC2(CC(OCCCCOc3ccc4c(c3)C(=O)N(C3CCC(=O)NC3=O)C4=O)C2)C1. The van der Waals surface area contributed by atoms with Crippen LogP contribution in [0.1, 0.15) is 80.0 Å². The van der Waals surface area contributed by atoms with Crippen molar-refractivity contribution < 1.29 is 38.2 Å². The molecule has 3 fully saturated rings. The van der Waals surface area contributed by atoms with E-state index < -0.39 is 35.3 Å². The third-order valence-electron chi connectivity index (χ3n) is 7.60. The van der Waals surface area contributed by atoms with Gasteiger partial charge < -0.3 is 19.1 Å². The van der Waals surface area contributed by atoms with Gasteiger partial charge in [0.1, 0.15) is 17.4 Å². The van der Waals surface area contributed by atoms with Crippen LogP contribution in [0.2, 0.25) is 0 Å². The van der Waals surface area contributed by atoms with E-state index in [0.717, 1.165) is 43.7 Å². The number of nitrogens with one attached hydrogen (secondary N) is 1. The van der Waals surface area contributed by atoms with Gasteiger partial charge in [0.25, 0.3) is 11.8 Å². The molecule has 1 atom stereocenters. The minimum atomic E-state index is -0.988. The lowest BCUT2D eigenvalue weighted by molar-refractivity contribution is -0.147. The average Bonchev–Trinajstić information content (AvgIpc) is 3.04. The van der Waals surface area contributed by atoms with Crippen LogP contribution < -0.4 is 10.1 Å². The van der Waals surface area contributed by atoms with Crippen LogP contribution in [0.4, 0.5) is 4.79 Å². The van der Waals surface area contributed by atoms with Gasteiger partial charge in [0.2, 0.25) is 11.8 Å². The lowest BCUT2D eigenvalue weighted by Crippen LogP contribution is -2.65. The largest absolute Gasteiger partial charge is 0.494 e. The highest BCUT2D eigenvalue weighted by Crippen LogP contribution is 2.50. The first kappa shape index (κ1) is 27.1. The number of piperidine rings is 1. The molecule has 1 aromatic rings. The molecule has 1 spiro atoms. The molecule has 2 saturated heterocycles. The maximum atomic E-state index is 12.9. The van der Waals surface area contributed by atoms with E-state index in [1.54, 1.807) is 11.0 Å². The number of fused-ring (bicyclic) bond motifs is 1. The van der Waals surface area contributed by atoms with Gasteiger partial charge in [-0.2, -0.15) is 0 Å². The van der Waals surface area contributed by atoms with Crippen LogP contribution in [0.3, 0.4) is 0 Å². The van der Waals surface area contributed by atoms with Gasteiger partial charge >= 0.3 is 6.09 Å². The molecule has 210 valence electrons. The molecule has 0 radical (unpaired) electrons. The van der Waals surface area contributed by atoms with Crippen molar-refractivity contribution in [3.8, 4) is 5.75 Å². The predicted octanol–water partition coefficient (Wildman–Crippen LogP) is 2.66. The zero-order valence-corrected chi connectivity index (χ0v) is 22.6. The van der Waals surface area contributed by atoms with E-state index in [2.05, 4.69) is 5.32 Å². The molecule has 5 amide bonds. The van der Waals surface area contributed by atoms with Crippen molar-refractivity contribution in [2.75, 3.05) is 26.3 Å². The number of carbonyl (C=O) groups is 5. The standard InChI is InChI=1S/C28H35N3O8/c1-27(2,3)39-26(36)30-15-28(16-30)13-18(14-28)38-11-5-4-10-37-17-6-7-19-20(12-17)25(35)31(24(19)34)21-8-9-22(32)29-23(21)33/h6-7,12,18,21H,4-5,8-11,13-16H2,1-3H3,(H,29,32,33). The van der Waals surface area contributed by atoms with Gasteiger partial charge in [-0.15, -0.1) is 0 Å². The summed E-state index contributed by atoms with van der Waals surface area (Å²) in [7, 11) is 0. The minimum absolute atomic E-state index is 0.0796. The van der Waals surface area contributed by atoms with E-state index in [4.69, 9.17) is 14.2 Å². The summed E-state index contributed by atoms with van der Waals surface area (Å²) in [6.07, 6.45) is 3.67. The molecule has 11 heteroatoms. The molecule has 3 heterocycles. The summed E-state index contributed by atoms with van der Waals surface area (Å²) in [6.45, 7) is 8.12. The van der Waals surface area contributed by atoms with Gasteiger partial charge in [0.15, 0.2) is 0 Å². The van der Waals surface area contributed by atoms with E-state index in [1.807, 2.05) is 20.8 Å². The Kier molecular flexibility index (Phi) is 7.13. The van der Waals surface area contributed by atoms with Crippen LogP contribution in [0.5, 0.6) is 5.75 Å². The molecule has 1 aliphatic carbocycles. The number of nitrogens with zero attached hydrogens (tertiary/aromatic N) is 2. The summed E-state index contributed by atoms with van der Waals surface area (Å²) in [4.78, 5) is 64.1. The zero-order chi connectivity index (χ0) is 27.9. The topological polar surface area (TPSA) is 132 Å². The summed E-state index contributed by atoms with van der Waals surface area (Å²) in [5, 5.41) is 2.19. The first-order valence-electron chi connectivity index (χ1n) is 13.5. The summed E-state index contributed by atoms with van der Waals surface area (Å²) in [5.74, 6) is -1.66. The number of hydrogen-bond donors (Lipinski definition) is 1. The Hall–Kier alpha value is -3.47. The molecule has 11 nitrogen and oxygen atoms in total. The van der Waals surface area contributed by atoms with Crippen molar-refractivity contribution >= 4 is 29.7 Å². The normalized spacial score (nSPS) is 22.4. The van der Waals surface area contributed by atoms with E-state index in [1.165, 1.54) is 12.1 Å². The fourth-order valence-corrected chi connectivity index (χ4v) is 5.69. The lowest BCUT2D eigenvalue weighted by atomic mass is 9.62. The first-order valence-corrected chi connectivity index (χ1v) is 13.5. The van der Waals surface area contributed by atoms with Gasteiger partial charge in [0.05, 0.1) is 23.8 Å². The summed E-state index contributed by atoms with van der Waals surface area (Å²) >= 11 is 0. The van der Waals surface area contributed by atoms with E-state index in [0.29, 0.717) is 19.0 Å². The molecule has 1 aromatic carbocycles. The maximum absolute atomic E-state index is 12.9. The highest BCUT2D eigenvalue weighted by atomic mass is 16.6. The monoisotopic (exact) mass is 541 g/mol. The van der Waals surface area contributed by atoms with Crippen LogP contribution in [0, 0.1) is 5.41 Å². The number of amides is 5. The van der Waals surface area contributed by atoms with Gasteiger partial charge in [-0.05, 0) is 71.1 Å². The fraction of sp³-hybridized carbons (Fsp3) is 0.607. The van der Waals surface area contributed by atoms with Crippen molar-refractivity contribution in [1.29, 1.82) is 0 Å². The number of carbonyl (C=O) groups excluding carboxylic acids is 5. The van der Waals surface area contributed by atoms with E-state index in [9.17, 15) is 24.0 Å². The van der Waals surface area contributed by atoms with Crippen LogP contribution in [-0.4, -0.2) is 83.6 Å². The van der Waals surface area contributed by atoms with Crippen molar-refractivity contribution in [2.45, 2.75) is 77.0 Å². The highest BCUT2D eigenvalue weighted by Gasteiger charge is 2.54. The second-order valence-corrected chi connectivity index (χ2v) is 11.9. The van der Waals surface area contributed by atoms with Crippen LogP contribution >= 0.6 is 0 Å². The predicted molar refractivity (Wildman–Crippen MR) is 137 cm³/mol. The molecule has 0 bridgehead atoms. The van der Waals surface area contributed by atoms with Crippen LogP contribution in [0.15, 0.2) is 18.2 Å². The number of likely N-dealkylation sites (tertiary alicyclic amines) is 1. The van der Waals surface area contributed by atoms with Crippen molar-refractivity contribution in [3.63, 3.8) is 0 Å². The average molecular weight is 542 g/mol.